The van der Waals surface area contributed by atoms with Crippen molar-refractivity contribution in [2.75, 3.05) is 12.8 Å². The highest BCUT2D eigenvalue weighted by Gasteiger charge is 2.14. The second-order valence-corrected chi connectivity index (χ2v) is 4.89. The summed E-state index contributed by atoms with van der Waals surface area (Å²) >= 11 is 0. The van der Waals surface area contributed by atoms with Crippen molar-refractivity contribution in [3.8, 4) is 0 Å². The van der Waals surface area contributed by atoms with E-state index in [1.165, 1.54) is 0 Å². The smallest absolute Gasteiger partial charge is 0.222 e. The molecule has 0 radical (unpaired) electrons. The van der Waals surface area contributed by atoms with Crippen molar-refractivity contribution in [2.24, 2.45) is 0 Å². The van der Waals surface area contributed by atoms with E-state index in [0.717, 1.165) is 30.5 Å². The standard InChI is InChI=1S/C15H24N2O/c1-4-6-12(2)17(3)15(18)10-9-13-7-5-8-14(16)11-13/h5,7-8,11-12H,4,6,9-10,16H2,1-3H3. The summed E-state index contributed by atoms with van der Waals surface area (Å²) in [6.45, 7) is 4.24. The SMILES string of the molecule is CCCC(C)N(C)C(=O)CCc1cccc(N)c1. The molecule has 1 atom stereocenters. The first-order chi connectivity index (χ1) is 8.54. The summed E-state index contributed by atoms with van der Waals surface area (Å²) in [5.74, 6) is 0.207. The molecule has 3 heteroatoms. The van der Waals surface area contributed by atoms with Gasteiger partial charge in [-0.05, 0) is 37.5 Å². The molecule has 3 nitrogen and oxygen atoms in total. The maximum absolute atomic E-state index is 12.0. The number of hydrogen-bond donors (Lipinski definition) is 1. The van der Waals surface area contributed by atoms with E-state index in [4.69, 9.17) is 5.73 Å². The fraction of sp³-hybridized carbons (Fsp3) is 0.533. The normalized spacial score (nSPS) is 12.2. The molecule has 0 aliphatic heterocycles. The van der Waals surface area contributed by atoms with E-state index in [1.54, 1.807) is 0 Å². The Morgan fingerprint density at radius 1 is 1.44 bits per heavy atom. The van der Waals surface area contributed by atoms with E-state index in [9.17, 15) is 4.79 Å². The van der Waals surface area contributed by atoms with Gasteiger partial charge in [0.15, 0.2) is 0 Å². The molecule has 1 aromatic rings. The quantitative estimate of drug-likeness (QED) is 0.787. The number of anilines is 1. The Labute approximate surface area is 110 Å². The van der Waals surface area contributed by atoms with Crippen LogP contribution in [0.2, 0.25) is 0 Å². The van der Waals surface area contributed by atoms with Gasteiger partial charge in [-0.2, -0.15) is 0 Å². The number of hydrogen-bond acceptors (Lipinski definition) is 2. The van der Waals surface area contributed by atoms with Gasteiger partial charge >= 0.3 is 0 Å². The Morgan fingerprint density at radius 2 is 2.17 bits per heavy atom. The van der Waals surface area contributed by atoms with Gasteiger partial charge in [-0.3, -0.25) is 4.79 Å². The van der Waals surface area contributed by atoms with Crippen molar-refractivity contribution < 1.29 is 4.79 Å². The molecule has 0 saturated carbocycles. The molecular weight excluding hydrogens is 224 g/mol. The van der Waals surface area contributed by atoms with E-state index in [0.29, 0.717) is 12.5 Å². The number of carbonyl (C=O) groups is 1. The first-order valence-electron chi connectivity index (χ1n) is 6.64. The molecule has 0 aliphatic rings. The molecule has 1 amide bonds. The summed E-state index contributed by atoms with van der Waals surface area (Å²) in [5.41, 5.74) is 7.60. The van der Waals surface area contributed by atoms with E-state index < -0.39 is 0 Å². The number of nitrogens with zero attached hydrogens (tertiary/aromatic N) is 1. The first-order valence-corrected chi connectivity index (χ1v) is 6.64. The first kappa shape index (κ1) is 14.6. The molecule has 0 fully saturated rings. The highest BCUT2D eigenvalue weighted by Crippen LogP contribution is 2.11. The van der Waals surface area contributed by atoms with Crippen LogP contribution in [-0.2, 0) is 11.2 Å². The molecule has 100 valence electrons. The number of amides is 1. The lowest BCUT2D eigenvalue weighted by Crippen LogP contribution is -2.35. The second kappa shape index (κ2) is 7.04. The third kappa shape index (κ3) is 4.40. The van der Waals surface area contributed by atoms with Crippen molar-refractivity contribution in [3.63, 3.8) is 0 Å². The van der Waals surface area contributed by atoms with Gasteiger partial charge in [0.05, 0.1) is 0 Å². The van der Waals surface area contributed by atoms with Gasteiger partial charge in [0.2, 0.25) is 5.91 Å². The third-order valence-corrected chi connectivity index (χ3v) is 3.34. The minimum atomic E-state index is 0.207. The van der Waals surface area contributed by atoms with Crippen LogP contribution in [0.25, 0.3) is 0 Å². The van der Waals surface area contributed by atoms with E-state index in [2.05, 4.69) is 13.8 Å². The van der Waals surface area contributed by atoms with Crippen LogP contribution in [0.5, 0.6) is 0 Å². The van der Waals surface area contributed by atoms with E-state index in [-0.39, 0.29) is 5.91 Å². The maximum atomic E-state index is 12.0. The minimum Gasteiger partial charge on any atom is -0.399 e. The molecule has 2 N–H and O–H groups in total. The average molecular weight is 248 g/mol. The summed E-state index contributed by atoms with van der Waals surface area (Å²) < 4.78 is 0. The van der Waals surface area contributed by atoms with Crippen molar-refractivity contribution >= 4 is 11.6 Å². The molecule has 18 heavy (non-hydrogen) atoms. The van der Waals surface area contributed by atoms with Gasteiger partial charge < -0.3 is 10.6 Å². The van der Waals surface area contributed by atoms with Crippen molar-refractivity contribution in [1.82, 2.24) is 4.90 Å². The zero-order chi connectivity index (χ0) is 13.5. The summed E-state index contributed by atoms with van der Waals surface area (Å²) in [7, 11) is 1.89. The predicted octanol–water partition coefficient (Wildman–Crippen LogP) is 2.85. The van der Waals surface area contributed by atoms with E-state index >= 15 is 0 Å². The van der Waals surface area contributed by atoms with Crippen LogP contribution in [0.3, 0.4) is 0 Å². The number of aryl methyl sites for hydroxylation is 1. The summed E-state index contributed by atoms with van der Waals surface area (Å²) in [6.07, 6.45) is 3.47. The Bertz CT molecular complexity index is 390. The number of carbonyl (C=O) groups excluding carboxylic acids is 1. The van der Waals surface area contributed by atoms with Crippen molar-refractivity contribution in [1.29, 1.82) is 0 Å². The van der Waals surface area contributed by atoms with Gasteiger partial charge in [-0.15, -0.1) is 0 Å². The molecule has 0 spiro atoms. The molecule has 0 heterocycles. The molecule has 0 aromatic heterocycles. The van der Waals surface area contributed by atoms with Crippen LogP contribution >= 0.6 is 0 Å². The Kier molecular flexibility index (Phi) is 5.69. The molecule has 1 aromatic carbocycles. The molecule has 0 bridgehead atoms. The molecule has 0 aliphatic carbocycles. The highest BCUT2D eigenvalue weighted by atomic mass is 16.2. The predicted molar refractivity (Wildman–Crippen MR) is 76.3 cm³/mol. The van der Waals surface area contributed by atoms with Crippen LogP contribution in [0.15, 0.2) is 24.3 Å². The fourth-order valence-corrected chi connectivity index (χ4v) is 2.03. The van der Waals surface area contributed by atoms with Crippen LogP contribution < -0.4 is 5.73 Å². The van der Waals surface area contributed by atoms with Crippen molar-refractivity contribution in [3.05, 3.63) is 29.8 Å². The Hall–Kier alpha value is -1.51. The molecule has 1 rings (SSSR count). The number of nitrogen functional groups attached to an aromatic ring is 1. The number of nitrogens with two attached hydrogens (primary N) is 1. The third-order valence-electron chi connectivity index (χ3n) is 3.34. The van der Waals surface area contributed by atoms with Gasteiger partial charge in [0.1, 0.15) is 0 Å². The lowest BCUT2D eigenvalue weighted by Gasteiger charge is -2.24. The minimum absolute atomic E-state index is 0.207. The lowest BCUT2D eigenvalue weighted by atomic mass is 10.1. The molecular formula is C15H24N2O. The number of benzene rings is 1. The lowest BCUT2D eigenvalue weighted by molar-refractivity contribution is -0.131. The monoisotopic (exact) mass is 248 g/mol. The van der Waals surface area contributed by atoms with Crippen molar-refractivity contribution in [2.45, 2.75) is 45.6 Å². The second-order valence-electron chi connectivity index (χ2n) is 4.89. The fourth-order valence-electron chi connectivity index (χ4n) is 2.03. The molecule has 0 saturated heterocycles. The maximum Gasteiger partial charge on any atom is 0.222 e. The van der Waals surface area contributed by atoms with E-state index in [1.807, 2.05) is 36.2 Å². The zero-order valence-corrected chi connectivity index (χ0v) is 11.6. The van der Waals surface area contributed by atoms with Crippen LogP contribution in [-0.4, -0.2) is 23.9 Å². The Balaban J connectivity index is 2.45. The molecule has 1 unspecified atom stereocenters. The zero-order valence-electron chi connectivity index (χ0n) is 11.6. The average Bonchev–Trinajstić information content (AvgIpc) is 2.35. The topological polar surface area (TPSA) is 46.3 Å². The highest BCUT2D eigenvalue weighted by molar-refractivity contribution is 5.76. The summed E-state index contributed by atoms with van der Waals surface area (Å²) in [6, 6.07) is 8.06. The van der Waals surface area contributed by atoms with Crippen LogP contribution in [0.1, 0.15) is 38.7 Å². The van der Waals surface area contributed by atoms with Crippen LogP contribution in [0, 0.1) is 0 Å². The number of rotatable bonds is 6. The van der Waals surface area contributed by atoms with Gasteiger partial charge in [0, 0.05) is 25.2 Å². The summed E-state index contributed by atoms with van der Waals surface area (Å²) in [5, 5.41) is 0. The van der Waals surface area contributed by atoms with Gasteiger partial charge in [-0.1, -0.05) is 25.5 Å². The van der Waals surface area contributed by atoms with Gasteiger partial charge in [-0.25, -0.2) is 0 Å². The summed E-state index contributed by atoms with van der Waals surface area (Å²) in [4.78, 5) is 13.9. The largest absolute Gasteiger partial charge is 0.399 e. The Morgan fingerprint density at radius 3 is 2.78 bits per heavy atom. The van der Waals surface area contributed by atoms with Crippen LogP contribution in [0.4, 0.5) is 5.69 Å². The van der Waals surface area contributed by atoms with Gasteiger partial charge in [0.25, 0.3) is 0 Å².